The van der Waals surface area contributed by atoms with Gasteiger partial charge in [0.2, 0.25) is 11.7 Å². The standard InChI is InChI=1S/C20H24N2O3/c23-18(15-5-2-1-3-6-15)20(25)22-12-14-9-10-17(22)13-21(11-14)19(24)16-7-4-8-16/h1-3,5-6,14,16-17H,4,7-13H2. The van der Waals surface area contributed by atoms with Crippen molar-refractivity contribution in [3.8, 4) is 0 Å². The molecular formula is C20H24N2O3. The monoisotopic (exact) mass is 340 g/mol. The summed E-state index contributed by atoms with van der Waals surface area (Å²) in [6, 6.07) is 8.72. The molecule has 5 nitrogen and oxygen atoms in total. The predicted octanol–water partition coefficient (Wildman–Crippen LogP) is 2.12. The molecule has 2 atom stereocenters. The van der Waals surface area contributed by atoms with Gasteiger partial charge in [0.05, 0.1) is 0 Å². The molecule has 4 fully saturated rings. The molecule has 2 bridgehead atoms. The van der Waals surface area contributed by atoms with E-state index in [-0.39, 0.29) is 23.8 Å². The summed E-state index contributed by atoms with van der Waals surface area (Å²) in [5, 5.41) is 0. The van der Waals surface area contributed by atoms with Crippen LogP contribution in [0.1, 0.15) is 42.5 Å². The Labute approximate surface area is 148 Å². The molecule has 4 aliphatic rings. The fourth-order valence-electron chi connectivity index (χ4n) is 4.27. The van der Waals surface area contributed by atoms with Crippen molar-refractivity contribution in [2.75, 3.05) is 19.6 Å². The second-order valence-corrected chi connectivity index (χ2v) is 7.62. The highest BCUT2D eigenvalue weighted by molar-refractivity contribution is 6.42. The molecule has 1 aromatic rings. The summed E-state index contributed by atoms with van der Waals surface area (Å²) in [4.78, 5) is 41.7. The van der Waals surface area contributed by atoms with Gasteiger partial charge in [0, 0.05) is 37.2 Å². The molecule has 3 aliphatic heterocycles. The number of benzene rings is 1. The summed E-state index contributed by atoms with van der Waals surface area (Å²) in [7, 11) is 0. The molecule has 1 saturated carbocycles. The van der Waals surface area contributed by atoms with Crippen LogP contribution in [-0.4, -0.2) is 53.1 Å². The van der Waals surface area contributed by atoms with E-state index in [9.17, 15) is 14.4 Å². The molecular weight excluding hydrogens is 316 g/mol. The number of hydrogen-bond acceptors (Lipinski definition) is 3. The Kier molecular flexibility index (Phi) is 4.32. The minimum atomic E-state index is -0.440. The first-order valence-corrected chi connectivity index (χ1v) is 9.32. The zero-order valence-corrected chi connectivity index (χ0v) is 14.4. The van der Waals surface area contributed by atoms with Gasteiger partial charge in [-0.3, -0.25) is 14.4 Å². The second-order valence-electron chi connectivity index (χ2n) is 7.62. The first kappa shape index (κ1) is 16.3. The summed E-state index contributed by atoms with van der Waals surface area (Å²) >= 11 is 0. The van der Waals surface area contributed by atoms with Crippen molar-refractivity contribution in [2.24, 2.45) is 11.8 Å². The van der Waals surface area contributed by atoms with Crippen LogP contribution in [0.15, 0.2) is 30.3 Å². The number of piperidine rings is 1. The molecule has 5 heteroatoms. The van der Waals surface area contributed by atoms with Gasteiger partial charge in [-0.15, -0.1) is 0 Å². The van der Waals surface area contributed by atoms with Gasteiger partial charge in [0.15, 0.2) is 0 Å². The highest BCUT2D eigenvalue weighted by atomic mass is 16.2. The normalized spacial score (nSPS) is 26.1. The summed E-state index contributed by atoms with van der Waals surface area (Å²) in [5.41, 5.74) is 0.440. The van der Waals surface area contributed by atoms with E-state index in [1.54, 1.807) is 29.2 Å². The Bertz CT molecular complexity index is 683. The second kappa shape index (κ2) is 6.62. The van der Waals surface area contributed by atoms with Crippen LogP contribution in [-0.2, 0) is 9.59 Å². The van der Waals surface area contributed by atoms with E-state index in [0.717, 1.165) is 38.6 Å². The van der Waals surface area contributed by atoms with Crippen molar-refractivity contribution >= 4 is 17.6 Å². The number of nitrogens with zero attached hydrogens (tertiary/aromatic N) is 2. The molecule has 1 aliphatic carbocycles. The van der Waals surface area contributed by atoms with Gasteiger partial charge in [-0.25, -0.2) is 0 Å². The lowest BCUT2D eigenvalue weighted by Gasteiger charge is -2.35. The summed E-state index contributed by atoms with van der Waals surface area (Å²) < 4.78 is 0. The van der Waals surface area contributed by atoms with Crippen LogP contribution in [0, 0.1) is 11.8 Å². The number of carbonyl (C=O) groups excluding carboxylic acids is 3. The number of amides is 2. The molecule has 1 aromatic carbocycles. The lowest BCUT2D eigenvalue weighted by molar-refractivity contribution is -0.139. The zero-order valence-electron chi connectivity index (χ0n) is 14.4. The molecule has 3 saturated heterocycles. The van der Waals surface area contributed by atoms with Crippen LogP contribution in [0.4, 0.5) is 0 Å². The van der Waals surface area contributed by atoms with Crippen molar-refractivity contribution < 1.29 is 14.4 Å². The third kappa shape index (κ3) is 3.08. The summed E-state index contributed by atoms with van der Waals surface area (Å²) in [5.74, 6) is -0.126. The first-order valence-electron chi connectivity index (χ1n) is 9.32. The number of Topliss-reactive ketones (excluding diaryl/α,β-unsaturated/α-hetero) is 1. The quantitative estimate of drug-likeness (QED) is 0.625. The molecule has 25 heavy (non-hydrogen) atoms. The van der Waals surface area contributed by atoms with Crippen molar-refractivity contribution in [2.45, 2.75) is 38.1 Å². The SMILES string of the molecule is O=C(C(=O)N1CC2CCC1CN(C(=O)C1CCC1)C2)c1ccccc1. The first-order chi connectivity index (χ1) is 12.1. The van der Waals surface area contributed by atoms with E-state index >= 15 is 0 Å². The molecule has 2 unspecified atom stereocenters. The van der Waals surface area contributed by atoms with E-state index < -0.39 is 11.7 Å². The van der Waals surface area contributed by atoms with Crippen molar-refractivity contribution in [1.82, 2.24) is 9.80 Å². The predicted molar refractivity (Wildman–Crippen MR) is 92.9 cm³/mol. The van der Waals surface area contributed by atoms with Gasteiger partial charge in [0.25, 0.3) is 5.91 Å². The number of ketones is 1. The Morgan fingerprint density at radius 2 is 1.64 bits per heavy atom. The average Bonchev–Trinajstić information content (AvgIpc) is 2.91. The fraction of sp³-hybridized carbons (Fsp3) is 0.550. The van der Waals surface area contributed by atoms with Gasteiger partial charge < -0.3 is 9.80 Å². The summed E-state index contributed by atoms with van der Waals surface area (Å²) in [6.07, 6.45) is 5.06. The lowest BCUT2D eigenvalue weighted by Crippen LogP contribution is -2.50. The van der Waals surface area contributed by atoms with Crippen LogP contribution in [0.5, 0.6) is 0 Å². The fourth-order valence-corrected chi connectivity index (χ4v) is 4.27. The molecule has 5 rings (SSSR count). The van der Waals surface area contributed by atoms with Crippen LogP contribution < -0.4 is 0 Å². The van der Waals surface area contributed by atoms with Gasteiger partial charge in [0.1, 0.15) is 0 Å². The largest absolute Gasteiger partial charge is 0.340 e. The van der Waals surface area contributed by atoms with Crippen LogP contribution in [0.25, 0.3) is 0 Å². The van der Waals surface area contributed by atoms with Crippen LogP contribution in [0.2, 0.25) is 0 Å². The average molecular weight is 340 g/mol. The Hall–Kier alpha value is -2.17. The lowest BCUT2D eigenvalue weighted by atomic mass is 9.84. The molecule has 2 amide bonds. The number of fused-ring (bicyclic) bond motifs is 4. The smallest absolute Gasteiger partial charge is 0.295 e. The third-order valence-electron chi connectivity index (χ3n) is 5.97. The Morgan fingerprint density at radius 3 is 2.32 bits per heavy atom. The minimum Gasteiger partial charge on any atom is -0.340 e. The van der Waals surface area contributed by atoms with Crippen molar-refractivity contribution in [3.05, 3.63) is 35.9 Å². The third-order valence-corrected chi connectivity index (χ3v) is 5.97. The van der Waals surface area contributed by atoms with E-state index in [2.05, 4.69) is 0 Å². The van der Waals surface area contributed by atoms with Crippen molar-refractivity contribution in [3.63, 3.8) is 0 Å². The van der Waals surface area contributed by atoms with Gasteiger partial charge in [-0.1, -0.05) is 36.8 Å². The highest BCUT2D eigenvalue weighted by Gasteiger charge is 2.42. The highest BCUT2D eigenvalue weighted by Crippen LogP contribution is 2.33. The maximum Gasteiger partial charge on any atom is 0.295 e. The Balaban J connectivity index is 1.49. The van der Waals surface area contributed by atoms with Gasteiger partial charge in [-0.2, -0.15) is 0 Å². The topological polar surface area (TPSA) is 57.7 Å². The van der Waals surface area contributed by atoms with E-state index in [1.807, 2.05) is 11.0 Å². The van der Waals surface area contributed by atoms with E-state index in [0.29, 0.717) is 18.7 Å². The molecule has 0 N–H and O–H groups in total. The summed E-state index contributed by atoms with van der Waals surface area (Å²) in [6.45, 7) is 1.91. The molecule has 3 heterocycles. The van der Waals surface area contributed by atoms with Gasteiger partial charge in [-0.05, 0) is 31.6 Å². The van der Waals surface area contributed by atoms with Crippen LogP contribution >= 0.6 is 0 Å². The minimum absolute atomic E-state index is 0.0251. The molecule has 0 radical (unpaired) electrons. The molecule has 0 spiro atoms. The van der Waals surface area contributed by atoms with Gasteiger partial charge >= 0.3 is 0 Å². The number of hydrogen-bond donors (Lipinski definition) is 0. The number of carbonyl (C=O) groups is 3. The maximum atomic E-state index is 12.8. The van der Waals surface area contributed by atoms with Crippen molar-refractivity contribution in [1.29, 1.82) is 0 Å². The van der Waals surface area contributed by atoms with Crippen LogP contribution in [0.3, 0.4) is 0 Å². The molecule has 0 aromatic heterocycles. The Morgan fingerprint density at radius 1 is 0.880 bits per heavy atom. The zero-order chi connectivity index (χ0) is 17.4. The molecule has 132 valence electrons. The van der Waals surface area contributed by atoms with E-state index in [1.165, 1.54) is 0 Å². The maximum absolute atomic E-state index is 12.8. The number of rotatable bonds is 3. The van der Waals surface area contributed by atoms with E-state index in [4.69, 9.17) is 0 Å².